The molecule has 0 spiro atoms. The third-order valence-corrected chi connectivity index (χ3v) is 8.85. The van der Waals surface area contributed by atoms with Gasteiger partial charge in [-0.1, -0.05) is 46.8 Å². The number of fused-ring (bicyclic) bond motifs is 1. The Bertz CT molecular complexity index is 1890. The van der Waals surface area contributed by atoms with Gasteiger partial charge in [-0.05, 0) is 51.6 Å². The molecule has 0 bridgehead atoms. The molecule has 46 heavy (non-hydrogen) atoms. The van der Waals surface area contributed by atoms with Crippen molar-refractivity contribution in [1.82, 2.24) is 25.6 Å². The summed E-state index contributed by atoms with van der Waals surface area (Å²) in [5.74, 6) is -0.303. The fraction of sp³-hybridized carbons (Fsp3) is 0.281. The van der Waals surface area contributed by atoms with Crippen molar-refractivity contribution in [3.63, 3.8) is 0 Å². The van der Waals surface area contributed by atoms with Crippen molar-refractivity contribution in [2.45, 2.75) is 26.3 Å². The van der Waals surface area contributed by atoms with Gasteiger partial charge in [0.1, 0.15) is 16.2 Å². The van der Waals surface area contributed by atoms with E-state index in [0.29, 0.717) is 26.7 Å². The van der Waals surface area contributed by atoms with E-state index >= 15 is 0 Å². The first kappa shape index (κ1) is 30.8. The number of likely N-dealkylation sites (N-methyl/N-ethyl adjacent to an activating group) is 1. The van der Waals surface area contributed by atoms with Gasteiger partial charge >= 0.3 is 6.09 Å². The molecule has 3 aromatic heterocycles. The Balaban J connectivity index is 1.20. The van der Waals surface area contributed by atoms with Gasteiger partial charge in [-0.25, -0.2) is 4.79 Å². The number of hydrogen-bond donors (Lipinski definition) is 4. The van der Waals surface area contributed by atoms with Crippen LogP contribution >= 0.6 is 11.3 Å². The van der Waals surface area contributed by atoms with Crippen LogP contribution in [0.3, 0.4) is 0 Å². The number of nitrogens with one attached hydrogen (secondary N) is 4. The van der Waals surface area contributed by atoms with Crippen molar-refractivity contribution in [2.75, 3.05) is 48.8 Å². The van der Waals surface area contributed by atoms with Gasteiger partial charge in [0.05, 0.1) is 28.4 Å². The van der Waals surface area contributed by atoms with Gasteiger partial charge in [0.2, 0.25) is 0 Å². The van der Waals surface area contributed by atoms with Crippen molar-refractivity contribution in [1.29, 1.82) is 0 Å². The average Bonchev–Trinajstić information content (AvgIpc) is 3.74. The van der Waals surface area contributed by atoms with Crippen LogP contribution in [0.4, 0.5) is 22.0 Å². The summed E-state index contributed by atoms with van der Waals surface area (Å²) in [6.45, 7) is 8.86. The molecule has 1 saturated heterocycles. The standard InChI is InChI=1S/C32H34N8O5S/c1-19-24(18-33-45-19)29(42)34-25-16-21(40-14-12-39(4)13-15-40)10-11-22(25)28(41)35-27-23-17-26(46-30(23)38-37-27)44-31(43)36-32(2,3)20-8-6-5-7-9-20/h5-11,16-18H,12-15H2,1-4H3,(H,34,42)(H,36,43)(H2,35,37,38,41). The lowest BCUT2D eigenvalue weighted by Crippen LogP contribution is -2.44. The van der Waals surface area contributed by atoms with E-state index in [1.807, 2.05) is 50.2 Å². The van der Waals surface area contributed by atoms with Gasteiger partial charge in [-0.3, -0.25) is 14.7 Å². The number of thiophene rings is 1. The number of amides is 3. The summed E-state index contributed by atoms with van der Waals surface area (Å²) in [5.41, 5.74) is 2.01. The van der Waals surface area contributed by atoms with Crippen LogP contribution in [0.5, 0.6) is 5.06 Å². The highest BCUT2D eigenvalue weighted by Crippen LogP contribution is 2.35. The molecule has 1 aliphatic rings. The maximum Gasteiger partial charge on any atom is 0.414 e. The van der Waals surface area contributed by atoms with Crippen LogP contribution in [0, 0.1) is 6.92 Å². The first-order valence-corrected chi connectivity index (χ1v) is 15.5. The monoisotopic (exact) mass is 642 g/mol. The Kier molecular flexibility index (Phi) is 8.47. The number of carbonyl (C=O) groups excluding carboxylic acids is 3. The lowest BCUT2D eigenvalue weighted by atomic mass is 9.95. The summed E-state index contributed by atoms with van der Waals surface area (Å²) in [4.78, 5) is 44.6. The molecule has 4 heterocycles. The van der Waals surface area contributed by atoms with Crippen LogP contribution in [0.25, 0.3) is 10.2 Å². The number of aryl methyl sites for hydroxylation is 1. The van der Waals surface area contributed by atoms with Crippen LogP contribution in [-0.2, 0) is 5.54 Å². The number of anilines is 3. The number of piperazine rings is 1. The van der Waals surface area contributed by atoms with Gasteiger partial charge in [0, 0.05) is 37.9 Å². The zero-order valence-corrected chi connectivity index (χ0v) is 26.7. The van der Waals surface area contributed by atoms with Crippen LogP contribution in [-0.4, -0.2) is 71.4 Å². The maximum atomic E-state index is 13.7. The molecule has 0 atom stereocenters. The highest BCUT2D eigenvalue weighted by Gasteiger charge is 2.25. The van der Waals surface area contributed by atoms with Crippen LogP contribution < -0.4 is 25.6 Å². The predicted molar refractivity (Wildman–Crippen MR) is 176 cm³/mol. The number of hydrogen-bond acceptors (Lipinski definition) is 10. The Hall–Kier alpha value is -5.21. The second-order valence-corrected chi connectivity index (χ2v) is 12.6. The van der Waals surface area contributed by atoms with Crippen molar-refractivity contribution in [3.05, 3.63) is 83.2 Å². The van der Waals surface area contributed by atoms with E-state index in [0.717, 1.165) is 37.4 Å². The Labute approximate surface area is 268 Å². The number of benzene rings is 2. The Morgan fingerprint density at radius 2 is 1.72 bits per heavy atom. The Morgan fingerprint density at radius 3 is 2.43 bits per heavy atom. The van der Waals surface area contributed by atoms with Crippen molar-refractivity contribution < 1.29 is 23.6 Å². The second-order valence-electron chi connectivity index (χ2n) is 11.6. The van der Waals surface area contributed by atoms with E-state index in [9.17, 15) is 14.4 Å². The molecular formula is C32H34N8O5S. The normalized spacial score (nSPS) is 13.9. The van der Waals surface area contributed by atoms with E-state index in [4.69, 9.17) is 9.26 Å². The molecule has 0 saturated carbocycles. The summed E-state index contributed by atoms with van der Waals surface area (Å²) in [6.07, 6.45) is 0.731. The minimum Gasteiger partial charge on any atom is -0.399 e. The highest BCUT2D eigenvalue weighted by molar-refractivity contribution is 7.20. The number of H-pyrrole nitrogens is 1. The molecule has 238 valence electrons. The summed E-state index contributed by atoms with van der Waals surface area (Å²) in [5, 5.41) is 20.3. The molecule has 1 fully saturated rings. The van der Waals surface area contributed by atoms with Gasteiger partial charge in [-0.2, -0.15) is 5.10 Å². The SMILES string of the molecule is Cc1oncc1C(=O)Nc1cc(N2CCN(C)CC2)ccc1C(=O)Nc1n[nH]c2sc(OC(=O)NC(C)(C)c3ccccc3)cc12. The first-order valence-electron chi connectivity index (χ1n) is 14.7. The smallest absolute Gasteiger partial charge is 0.399 e. The minimum absolute atomic E-state index is 0.241. The van der Waals surface area contributed by atoms with Gasteiger partial charge < -0.3 is 35.0 Å². The van der Waals surface area contributed by atoms with E-state index in [1.165, 1.54) is 17.5 Å². The van der Waals surface area contributed by atoms with Crippen molar-refractivity contribution >= 4 is 56.7 Å². The fourth-order valence-electron chi connectivity index (χ4n) is 5.22. The summed E-state index contributed by atoms with van der Waals surface area (Å²) < 4.78 is 10.6. The highest BCUT2D eigenvalue weighted by atomic mass is 32.1. The van der Waals surface area contributed by atoms with Crippen LogP contribution in [0.1, 0.15) is 45.9 Å². The van der Waals surface area contributed by atoms with Crippen molar-refractivity contribution in [2.24, 2.45) is 0 Å². The molecule has 4 N–H and O–H groups in total. The zero-order chi connectivity index (χ0) is 32.4. The minimum atomic E-state index is -0.656. The van der Waals surface area contributed by atoms with Gasteiger partial charge in [0.25, 0.3) is 11.8 Å². The lowest BCUT2D eigenvalue weighted by Gasteiger charge is -2.34. The number of nitrogens with zero attached hydrogens (tertiary/aromatic N) is 4. The van der Waals surface area contributed by atoms with Gasteiger partial charge in [-0.15, -0.1) is 0 Å². The molecule has 1 aliphatic heterocycles. The number of ether oxygens (including phenoxy) is 1. The third-order valence-electron chi connectivity index (χ3n) is 7.93. The fourth-order valence-corrected chi connectivity index (χ4v) is 6.07. The number of rotatable bonds is 8. The topological polar surface area (TPSA) is 158 Å². The van der Waals surface area contributed by atoms with Crippen LogP contribution in [0.15, 0.2) is 65.3 Å². The van der Waals surface area contributed by atoms with Crippen LogP contribution in [0.2, 0.25) is 0 Å². The molecule has 6 rings (SSSR count). The average molecular weight is 643 g/mol. The molecule has 2 aromatic carbocycles. The molecule has 13 nitrogen and oxygen atoms in total. The molecular weight excluding hydrogens is 608 g/mol. The molecule has 3 amide bonds. The molecule has 14 heteroatoms. The molecule has 5 aromatic rings. The molecule has 0 radical (unpaired) electrons. The lowest BCUT2D eigenvalue weighted by molar-refractivity contribution is 0.102. The largest absolute Gasteiger partial charge is 0.414 e. The summed E-state index contributed by atoms with van der Waals surface area (Å²) in [6, 6.07) is 16.6. The van der Waals surface area contributed by atoms with E-state index in [-0.39, 0.29) is 16.9 Å². The zero-order valence-electron chi connectivity index (χ0n) is 25.8. The Morgan fingerprint density at radius 1 is 0.978 bits per heavy atom. The maximum absolute atomic E-state index is 13.7. The summed E-state index contributed by atoms with van der Waals surface area (Å²) in [7, 11) is 2.08. The number of carbonyl (C=O) groups is 3. The third kappa shape index (κ3) is 6.57. The molecule has 0 unspecified atom stereocenters. The first-order chi connectivity index (χ1) is 22.1. The second kappa shape index (κ2) is 12.7. The summed E-state index contributed by atoms with van der Waals surface area (Å²) >= 11 is 1.19. The van der Waals surface area contributed by atoms with E-state index in [1.54, 1.807) is 25.1 Å². The van der Waals surface area contributed by atoms with E-state index < -0.39 is 23.4 Å². The molecule has 0 aliphatic carbocycles. The van der Waals surface area contributed by atoms with Crippen molar-refractivity contribution in [3.8, 4) is 5.06 Å². The number of aromatic nitrogens is 3. The van der Waals surface area contributed by atoms with Gasteiger partial charge in [0.15, 0.2) is 10.9 Å². The quantitative estimate of drug-likeness (QED) is 0.179. The number of aromatic amines is 1. The predicted octanol–water partition coefficient (Wildman–Crippen LogP) is 5.20. The van der Waals surface area contributed by atoms with E-state index in [2.05, 4.69) is 48.2 Å².